The summed E-state index contributed by atoms with van der Waals surface area (Å²) in [5.41, 5.74) is 0. The molecule has 1 N–H and O–H groups in total. The van der Waals surface area contributed by atoms with Gasteiger partial charge in [-0.15, -0.1) is 0 Å². The fourth-order valence-corrected chi connectivity index (χ4v) is 3.37. The minimum Gasteiger partial charge on any atom is -0.376 e. The highest BCUT2D eigenvalue weighted by Crippen LogP contribution is 2.12. The summed E-state index contributed by atoms with van der Waals surface area (Å²) in [6.07, 6.45) is 2.85. The molecular formula is C10H20N2O4S. The molecule has 0 aliphatic carbocycles. The van der Waals surface area contributed by atoms with E-state index in [1.165, 1.54) is 4.31 Å². The summed E-state index contributed by atoms with van der Waals surface area (Å²) < 4.78 is 38.6. The zero-order valence-electron chi connectivity index (χ0n) is 9.93. The Balaban J connectivity index is 1.79. The maximum atomic E-state index is 11.9. The lowest BCUT2D eigenvalue weighted by molar-refractivity contribution is -0.0847. The van der Waals surface area contributed by atoms with Crippen LogP contribution in [-0.4, -0.2) is 58.3 Å². The standard InChI is InChI=1S/C10H20N2O4S/c13-17(14,12-4-2-1-3-5-12)11-8-10-9-15-6-7-16-10/h10-11H,1-9H2. The van der Waals surface area contributed by atoms with E-state index >= 15 is 0 Å². The van der Waals surface area contributed by atoms with Crippen molar-refractivity contribution in [2.45, 2.75) is 25.4 Å². The first-order valence-corrected chi connectivity index (χ1v) is 7.56. The SMILES string of the molecule is O=S(=O)(NCC1COCCO1)N1CCCCC1. The Morgan fingerprint density at radius 2 is 1.94 bits per heavy atom. The molecular weight excluding hydrogens is 244 g/mol. The maximum absolute atomic E-state index is 11.9. The fourth-order valence-electron chi connectivity index (χ4n) is 2.05. The van der Waals surface area contributed by atoms with Crippen LogP contribution in [-0.2, 0) is 19.7 Å². The molecule has 0 aromatic carbocycles. The molecule has 2 aliphatic rings. The van der Waals surface area contributed by atoms with Gasteiger partial charge in [0, 0.05) is 19.6 Å². The van der Waals surface area contributed by atoms with E-state index in [-0.39, 0.29) is 6.10 Å². The van der Waals surface area contributed by atoms with Crippen LogP contribution in [0.25, 0.3) is 0 Å². The van der Waals surface area contributed by atoms with Crippen LogP contribution in [0.3, 0.4) is 0 Å². The Kier molecular flexibility index (Phi) is 4.75. The van der Waals surface area contributed by atoms with Crippen LogP contribution in [0.4, 0.5) is 0 Å². The van der Waals surface area contributed by atoms with E-state index in [0.29, 0.717) is 39.5 Å². The number of piperidine rings is 1. The second-order valence-corrected chi connectivity index (χ2v) is 6.14. The van der Waals surface area contributed by atoms with Crippen molar-refractivity contribution >= 4 is 10.2 Å². The molecule has 0 aromatic rings. The van der Waals surface area contributed by atoms with Crippen LogP contribution in [0.5, 0.6) is 0 Å². The highest BCUT2D eigenvalue weighted by molar-refractivity contribution is 7.87. The van der Waals surface area contributed by atoms with Crippen molar-refractivity contribution in [3.05, 3.63) is 0 Å². The monoisotopic (exact) mass is 264 g/mol. The lowest BCUT2D eigenvalue weighted by Gasteiger charge is -2.28. The molecule has 2 aliphatic heterocycles. The molecule has 2 heterocycles. The van der Waals surface area contributed by atoms with E-state index in [2.05, 4.69) is 4.72 Å². The molecule has 17 heavy (non-hydrogen) atoms. The zero-order valence-corrected chi connectivity index (χ0v) is 10.7. The molecule has 1 atom stereocenters. The highest BCUT2D eigenvalue weighted by Gasteiger charge is 2.25. The Bertz CT molecular complexity index is 321. The number of ether oxygens (including phenoxy) is 2. The van der Waals surface area contributed by atoms with Gasteiger partial charge in [-0.2, -0.15) is 17.4 Å². The number of nitrogens with zero attached hydrogens (tertiary/aromatic N) is 1. The molecule has 0 amide bonds. The minimum atomic E-state index is -3.33. The van der Waals surface area contributed by atoms with E-state index in [4.69, 9.17) is 9.47 Å². The summed E-state index contributed by atoms with van der Waals surface area (Å²) in [5.74, 6) is 0. The van der Waals surface area contributed by atoms with Gasteiger partial charge in [-0.05, 0) is 12.8 Å². The van der Waals surface area contributed by atoms with E-state index in [9.17, 15) is 8.42 Å². The smallest absolute Gasteiger partial charge is 0.279 e. The first kappa shape index (κ1) is 13.2. The summed E-state index contributed by atoms with van der Waals surface area (Å²) in [4.78, 5) is 0. The van der Waals surface area contributed by atoms with Gasteiger partial charge in [0.15, 0.2) is 0 Å². The predicted octanol–water partition coefficient (Wildman–Crippen LogP) is -0.278. The van der Waals surface area contributed by atoms with Crippen LogP contribution < -0.4 is 4.72 Å². The zero-order chi connectivity index (χ0) is 12.1. The number of hydrogen-bond donors (Lipinski definition) is 1. The summed E-state index contributed by atoms with van der Waals surface area (Å²) in [5, 5.41) is 0. The van der Waals surface area contributed by atoms with Gasteiger partial charge in [-0.25, -0.2) is 0 Å². The van der Waals surface area contributed by atoms with E-state index in [1.807, 2.05) is 0 Å². The van der Waals surface area contributed by atoms with E-state index < -0.39 is 10.2 Å². The summed E-state index contributed by atoms with van der Waals surface area (Å²) in [6.45, 7) is 3.13. The summed E-state index contributed by atoms with van der Waals surface area (Å²) >= 11 is 0. The van der Waals surface area contributed by atoms with Crippen molar-refractivity contribution in [3.8, 4) is 0 Å². The largest absolute Gasteiger partial charge is 0.376 e. The molecule has 2 rings (SSSR count). The second-order valence-electron chi connectivity index (χ2n) is 4.38. The molecule has 0 radical (unpaired) electrons. The minimum absolute atomic E-state index is 0.164. The second kappa shape index (κ2) is 6.10. The fraction of sp³-hybridized carbons (Fsp3) is 1.00. The molecule has 7 heteroatoms. The first-order valence-electron chi connectivity index (χ1n) is 6.12. The van der Waals surface area contributed by atoms with Gasteiger partial charge < -0.3 is 9.47 Å². The lowest BCUT2D eigenvalue weighted by Crippen LogP contribution is -2.47. The van der Waals surface area contributed by atoms with Gasteiger partial charge in [-0.3, -0.25) is 0 Å². The average Bonchev–Trinajstić information content (AvgIpc) is 2.39. The van der Waals surface area contributed by atoms with Crippen LogP contribution in [0.2, 0.25) is 0 Å². The molecule has 0 saturated carbocycles. The van der Waals surface area contributed by atoms with Gasteiger partial charge in [0.2, 0.25) is 0 Å². The molecule has 1 unspecified atom stereocenters. The van der Waals surface area contributed by atoms with Gasteiger partial charge >= 0.3 is 0 Å². The first-order chi connectivity index (χ1) is 8.18. The van der Waals surface area contributed by atoms with Gasteiger partial charge in [0.1, 0.15) is 0 Å². The van der Waals surface area contributed by atoms with E-state index in [0.717, 1.165) is 19.3 Å². The van der Waals surface area contributed by atoms with Crippen molar-refractivity contribution in [3.63, 3.8) is 0 Å². The Hall–Kier alpha value is -0.210. The molecule has 0 aromatic heterocycles. The van der Waals surface area contributed by atoms with Gasteiger partial charge in [-0.1, -0.05) is 6.42 Å². The number of rotatable bonds is 4. The third-order valence-electron chi connectivity index (χ3n) is 3.03. The Labute approximate surface area is 102 Å². The van der Waals surface area contributed by atoms with Crippen LogP contribution in [0.1, 0.15) is 19.3 Å². The molecule has 0 bridgehead atoms. The molecule has 100 valence electrons. The topological polar surface area (TPSA) is 67.9 Å². The van der Waals surface area contributed by atoms with Crippen molar-refractivity contribution in [1.82, 2.24) is 9.03 Å². The third kappa shape index (κ3) is 3.89. The van der Waals surface area contributed by atoms with Crippen LogP contribution >= 0.6 is 0 Å². The quantitative estimate of drug-likeness (QED) is 0.758. The molecule has 2 fully saturated rings. The summed E-state index contributed by atoms with van der Waals surface area (Å²) in [6, 6.07) is 0. The molecule has 2 saturated heterocycles. The van der Waals surface area contributed by atoms with Crippen molar-refractivity contribution in [1.29, 1.82) is 0 Å². The van der Waals surface area contributed by atoms with Crippen molar-refractivity contribution in [2.75, 3.05) is 39.5 Å². The van der Waals surface area contributed by atoms with E-state index in [1.54, 1.807) is 0 Å². The predicted molar refractivity (Wildman–Crippen MR) is 62.9 cm³/mol. The van der Waals surface area contributed by atoms with Crippen molar-refractivity contribution < 1.29 is 17.9 Å². The van der Waals surface area contributed by atoms with Crippen LogP contribution in [0, 0.1) is 0 Å². The average molecular weight is 264 g/mol. The number of nitrogens with one attached hydrogen (secondary N) is 1. The maximum Gasteiger partial charge on any atom is 0.279 e. The normalized spacial score (nSPS) is 28.1. The number of hydrogen-bond acceptors (Lipinski definition) is 4. The highest BCUT2D eigenvalue weighted by atomic mass is 32.2. The Morgan fingerprint density at radius 3 is 2.59 bits per heavy atom. The van der Waals surface area contributed by atoms with Crippen LogP contribution in [0.15, 0.2) is 0 Å². The van der Waals surface area contributed by atoms with Crippen molar-refractivity contribution in [2.24, 2.45) is 0 Å². The van der Waals surface area contributed by atoms with Gasteiger partial charge in [0.25, 0.3) is 10.2 Å². The lowest BCUT2D eigenvalue weighted by atomic mass is 10.2. The van der Waals surface area contributed by atoms with Gasteiger partial charge in [0.05, 0.1) is 25.9 Å². The summed E-state index contributed by atoms with van der Waals surface area (Å²) in [7, 11) is -3.33. The molecule has 0 spiro atoms. The third-order valence-corrected chi connectivity index (χ3v) is 4.61. The molecule has 6 nitrogen and oxygen atoms in total. The Morgan fingerprint density at radius 1 is 1.18 bits per heavy atom.